The number of hydrogen-bond acceptors (Lipinski definition) is 6. The highest BCUT2D eigenvalue weighted by Crippen LogP contribution is 2.50. The van der Waals surface area contributed by atoms with Crippen molar-refractivity contribution >= 4 is 17.5 Å². The van der Waals surface area contributed by atoms with E-state index in [0.29, 0.717) is 16.3 Å². The Hall–Kier alpha value is -3.35. The molecule has 1 amide bonds. The van der Waals surface area contributed by atoms with E-state index in [9.17, 15) is 20.3 Å². The molecule has 2 heterocycles. The van der Waals surface area contributed by atoms with Crippen LogP contribution in [0.1, 0.15) is 77.3 Å². The summed E-state index contributed by atoms with van der Waals surface area (Å²) >= 11 is 6.14. The van der Waals surface area contributed by atoms with Crippen molar-refractivity contribution in [2.24, 2.45) is 5.41 Å². The number of nitriles is 1. The first-order chi connectivity index (χ1) is 18.1. The zero-order valence-electron chi connectivity index (χ0n) is 21.0. The number of pyridine rings is 1. The molecule has 3 aromatic rings. The number of carbonyl (C=O) groups excluding carboxylic acids is 1. The molecule has 2 atom stereocenters. The van der Waals surface area contributed by atoms with Gasteiger partial charge >= 0.3 is 0 Å². The number of ether oxygens (including phenoxy) is 1. The largest absolute Gasteiger partial charge is 0.396 e. The normalized spacial score (nSPS) is 18.7. The Morgan fingerprint density at radius 2 is 2.00 bits per heavy atom. The molecule has 1 aliphatic carbocycles. The van der Waals surface area contributed by atoms with Crippen LogP contribution in [0.4, 0.5) is 4.39 Å². The Kier molecular flexibility index (Phi) is 6.74. The van der Waals surface area contributed by atoms with Gasteiger partial charge in [0.1, 0.15) is 17.9 Å². The van der Waals surface area contributed by atoms with E-state index < -0.39 is 35.0 Å². The van der Waals surface area contributed by atoms with E-state index in [2.05, 4.69) is 11.1 Å². The predicted molar refractivity (Wildman–Crippen MR) is 138 cm³/mol. The van der Waals surface area contributed by atoms with Crippen molar-refractivity contribution in [3.8, 4) is 6.07 Å². The third-order valence-corrected chi connectivity index (χ3v) is 7.57. The Balaban J connectivity index is 1.70. The molecule has 38 heavy (non-hydrogen) atoms. The van der Waals surface area contributed by atoms with Gasteiger partial charge in [-0.15, -0.1) is 0 Å². The number of aliphatic hydroxyl groups is 2. The molecule has 1 aliphatic heterocycles. The summed E-state index contributed by atoms with van der Waals surface area (Å²) in [7, 11) is 0. The van der Waals surface area contributed by atoms with Crippen LogP contribution in [-0.2, 0) is 10.3 Å². The first-order valence-electron chi connectivity index (χ1n) is 12.3. The van der Waals surface area contributed by atoms with E-state index in [1.807, 2.05) is 0 Å². The predicted octanol–water partition coefficient (Wildman–Crippen LogP) is 5.01. The highest BCUT2D eigenvalue weighted by Gasteiger charge is 2.49. The minimum Gasteiger partial charge on any atom is -0.396 e. The fourth-order valence-electron chi connectivity index (χ4n) is 4.81. The fraction of sp³-hybridized carbons (Fsp3) is 0.345. The summed E-state index contributed by atoms with van der Waals surface area (Å²) in [6.07, 6.45) is 1.89. The zero-order chi connectivity index (χ0) is 27.2. The number of benzene rings is 2. The van der Waals surface area contributed by atoms with E-state index in [1.54, 1.807) is 36.4 Å². The summed E-state index contributed by atoms with van der Waals surface area (Å²) in [4.78, 5) is 20.0. The van der Waals surface area contributed by atoms with Crippen LogP contribution >= 0.6 is 11.6 Å². The van der Waals surface area contributed by atoms with Crippen LogP contribution in [0.3, 0.4) is 0 Å². The van der Waals surface area contributed by atoms with Crippen LogP contribution in [0.5, 0.6) is 0 Å². The second kappa shape index (κ2) is 9.75. The highest BCUT2D eigenvalue weighted by atomic mass is 35.5. The van der Waals surface area contributed by atoms with Crippen molar-refractivity contribution in [2.45, 2.75) is 44.6 Å². The number of fused-ring (bicyclic) bond motifs is 1. The lowest BCUT2D eigenvalue weighted by molar-refractivity contribution is -0.0742. The molecular weight excluding hydrogens is 509 g/mol. The molecule has 1 aromatic heterocycles. The quantitative estimate of drug-likeness (QED) is 0.420. The van der Waals surface area contributed by atoms with E-state index in [1.165, 1.54) is 37.1 Å². The Labute approximate surface area is 225 Å². The summed E-state index contributed by atoms with van der Waals surface area (Å²) in [6, 6.07) is 13.9. The van der Waals surface area contributed by atoms with Crippen molar-refractivity contribution in [3.63, 3.8) is 0 Å². The molecule has 0 saturated heterocycles. The van der Waals surface area contributed by atoms with Crippen LogP contribution in [0.2, 0.25) is 5.02 Å². The number of halogens is 2. The van der Waals surface area contributed by atoms with Gasteiger partial charge in [0.05, 0.1) is 35.6 Å². The molecule has 0 radical (unpaired) electrons. The summed E-state index contributed by atoms with van der Waals surface area (Å²) in [5.41, 5.74) is -0.306. The van der Waals surface area contributed by atoms with Crippen molar-refractivity contribution in [2.75, 3.05) is 13.2 Å². The molecule has 0 bridgehead atoms. The second-order valence-electron chi connectivity index (χ2n) is 10.5. The van der Waals surface area contributed by atoms with Gasteiger partial charge in [0.2, 0.25) is 0 Å². The lowest BCUT2D eigenvalue weighted by Crippen LogP contribution is -2.36. The smallest absolute Gasteiger partial charge is 0.257 e. The third-order valence-electron chi connectivity index (χ3n) is 7.32. The van der Waals surface area contributed by atoms with Gasteiger partial charge in [-0.05, 0) is 74.2 Å². The molecule has 2 aromatic carbocycles. The van der Waals surface area contributed by atoms with Gasteiger partial charge < -0.3 is 14.9 Å². The van der Waals surface area contributed by atoms with Gasteiger partial charge in [0.15, 0.2) is 6.23 Å². The Morgan fingerprint density at radius 3 is 2.61 bits per heavy atom. The second-order valence-corrected chi connectivity index (χ2v) is 11.0. The Bertz CT molecular complexity index is 1430. The average Bonchev–Trinajstić information content (AvgIpc) is 3.63. The maximum Gasteiger partial charge on any atom is 0.257 e. The highest BCUT2D eigenvalue weighted by molar-refractivity contribution is 6.30. The molecular formula is C29H27ClFN3O4. The maximum atomic E-state index is 15.8. The summed E-state index contributed by atoms with van der Waals surface area (Å²) in [5.74, 6) is -1.22. The molecule has 1 fully saturated rings. The maximum absolute atomic E-state index is 15.8. The lowest BCUT2D eigenvalue weighted by atomic mass is 9.94. The number of aliphatic hydroxyl groups excluding tert-OH is 1. The SMILES string of the molecule is CC(C)(O)c1cc(F)c2c(c1)C(=O)N([C@H](c1ccc(Cl)cc1)c1ncccc1C#N)C2OCC1(CO)CC1. The number of carbonyl (C=O) groups is 1. The summed E-state index contributed by atoms with van der Waals surface area (Å²) in [5, 5.41) is 30.8. The minimum atomic E-state index is -1.39. The van der Waals surface area contributed by atoms with E-state index in [-0.39, 0.29) is 35.5 Å². The van der Waals surface area contributed by atoms with Crippen LogP contribution in [-0.4, -0.2) is 39.2 Å². The molecule has 1 saturated carbocycles. The first-order valence-corrected chi connectivity index (χ1v) is 12.7. The molecule has 196 valence electrons. The van der Waals surface area contributed by atoms with Crippen LogP contribution in [0.15, 0.2) is 54.7 Å². The number of amides is 1. The third kappa shape index (κ3) is 4.67. The zero-order valence-corrected chi connectivity index (χ0v) is 21.7. The van der Waals surface area contributed by atoms with Gasteiger partial charge in [-0.3, -0.25) is 14.7 Å². The lowest BCUT2D eigenvalue weighted by Gasteiger charge is -2.34. The molecule has 7 nitrogen and oxygen atoms in total. The molecule has 5 rings (SSSR count). The van der Waals surface area contributed by atoms with Gasteiger partial charge in [0.25, 0.3) is 5.91 Å². The van der Waals surface area contributed by atoms with Gasteiger partial charge in [-0.1, -0.05) is 23.7 Å². The molecule has 2 aliphatic rings. The topological polar surface area (TPSA) is 107 Å². The van der Waals surface area contributed by atoms with Crippen molar-refractivity contribution in [3.05, 3.63) is 99.1 Å². The minimum absolute atomic E-state index is 0.0464. The van der Waals surface area contributed by atoms with Crippen LogP contribution < -0.4 is 0 Å². The van der Waals surface area contributed by atoms with E-state index >= 15 is 4.39 Å². The van der Waals surface area contributed by atoms with Crippen molar-refractivity contribution in [1.82, 2.24) is 9.88 Å². The van der Waals surface area contributed by atoms with Crippen LogP contribution in [0, 0.1) is 22.6 Å². The molecule has 2 N–H and O–H groups in total. The monoisotopic (exact) mass is 535 g/mol. The summed E-state index contributed by atoms with van der Waals surface area (Å²) in [6.45, 7) is 3.06. The van der Waals surface area contributed by atoms with E-state index in [4.69, 9.17) is 16.3 Å². The number of rotatable bonds is 8. The molecule has 9 heteroatoms. The summed E-state index contributed by atoms with van der Waals surface area (Å²) < 4.78 is 22.0. The molecule has 0 spiro atoms. The average molecular weight is 536 g/mol. The Morgan fingerprint density at radius 1 is 1.29 bits per heavy atom. The van der Waals surface area contributed by atoms with Gasteiger partial charge in [-0.25, -0.2) is 4.39 Å². The van der Waals surface area contributed by atoms with Crippen molar-refractivity contribution in [1.29, 1.82) is 5.26 Å². The number of nitrogens with zero attached hydrogens (tertiary/aromatic N) is 3. The van der Waals surface area contributed by atoms with Crippen molar-refractivity contribution < 1.29 is 24.1 Å². The van der Waals surface area contributed by atoms with E-state index in [0.717, 1.165) is 12.8 Å². The van der Waals surface area contributed by atoms with Gasteiger partial charge in [-0.2, -0.15) is 5.26 Å². The standard InChI is InChI=1S/C29H27ClFN3O4/c1-28(2,37)19-12-21-23(22(31)13-19)27(38-16-29(15-35)9-10-29)34(26(21)36)25(17-5-7-20(30)8-6-17)24-18(14-32)4-3-11-33-24/h3-8,11-13,25,27,35,37H,9-10,15-16H2,1-2H3/t25-,27?/m1/s1. The number of aromatic nitrogens is 1. The fourth-order valence-corrected chi connectivity index (χ4v) is 4.93. The molecule has 1 unspecified atom stereocenters. The number of hydrogen-bond donors (Lipinski definition) is 2. The first kappa shape index (κ1) is 26.3. The van der Waals surface area contributed by atoms with Crippen LogP contribution in [0.25, 0.3) is 0 Å². The van der Waals surface area contributed by atoms with Gasteiger partial charge in [0, 0.05) is 22.2 Å².